The Morgan fingerprint density at radius 3 is 2.08 bits per heavy atom. The third-order valence-corrected chi connectivity index (χ3v) is 20.0. The lowest BCUT2D eigenvalue weighted by atomic mass is 9.83. The van der Waals surface area contributed by atoms with Gasteiger partial charge in [0.15, 0.2) is 14.6 Å². The van der Waals surface area contributed by atoms with Crippen molar-refractivity contribution in [1.82, 2.24) is 0 Å². The summed E-state index contributed by atoms with van der Waals surface area (Å²) in [5.74, 6) is 0.555. The molecule has 1 aromatic rings. The standard InChI is InChI=1S/C52H86O9Si/c1-34(2)62(35(3)4,36(5)6)58-33-40(10)50(54)41(11)47-22-19-20-45(56-14)32-37(7)24-25-38(8)46(57-15)31-26-39(9)51-42(12)48(21-17-16-18-23-49(53)59-47)60-52(61-51)43-27-29-44(55-13)30-28-43/h16-20,23,25,27-30,34-37,39-42,45-48,50-52,54H,21-22,24,26,31-33H2,1-15H3/b17-16+,20-19-,23-18-,38-25+/t37-,39-,40+,41-,42-,45+,46+,47+,48-,50+,51-,52+/m1/s1. The van der Waals surface area contributed by atoms with Gasteiger partial charge in [-0.15, -0.1) is 0 Å². The van der Waals surface area contributed by atoms with Gasteiger partial charge in [0.25, 0.3) is 0 Å². The molecule has 352 valence electrons. The van der Waals surface area contributed by atoms with Crippen molar-refractivity contribution in [3.8, 4) is 5.75 Å². The van der Waals surface area contributed by atoms with E-state index in [0.29, 0.717) is 42.0 Å². The highest BCUT2D eigenvalue weighted by molar-refractivity contribution is 6.77. The number of cyclic esters (lactones) is 1. The summed E-state index contributed by atoms with van der Waals surface area (Å²) in [6.45, 7) is 27.0. The van der Waals surface area contributed by atoms with Gasteiger partial charge in [-0.1, -0.05) is 125 Å². The SMILES string of the molecule is COc1ccc([C@@H]2O[C@H]3[C@H](C)[C@@H](C/C=C/C=C\C(=O)O[C@H]([C@@H](C)[C@@H](O)[C@@H](C)CO[Si](C(C)C)(C(C)C)C(C)C)C/C=C\[C@H](OC)C[C@H](C)C/C=C(\C)[C@@H](OC)CC[C@H]3C)O2)cc1. The normalized spacial score (nSPS) is 31.9. The number of hydrogen-bond acceptors (Lipinski definition) is 9. The Morgan fingerprint density at radius 2 is 1.48 bits per heavy atom. The van der Waals surface area contributed by atoms with E-state index >= 15 is 0 Å². The van der Waals surface area contributed by atoms with Crippen LogP contribution in [-0.4, -0.2) is 84.0 Å². The van der Waals surface area contributed by atoms with Crippen LogP contribution in [0.5, 0.6) is 5.75 Å². The number of aliphatic hydroxyl groups excluding tert-OH is 1. The van der Waals surface area contributed by atoms with Crippen LogP contribution in [0.2, 0.25) is 16.6 Å². The van der Waals surface area contributed by atoms with Gasteiger partial charge >= 0.3 is 5.97 Å². The lowest BCUT2D eigenvalue weighted by Crippen LogP contribution is -2.49. The Kier molecular flexibility index (Phi) is 22.9. The lowest BCUT2D eigenvalue weighted by Gasteiger charge is -2.43. The number of ether oxygens (including phenoxy) is 6. The van der Waals surface area contributed by atoms with Crippen LogP contribution in [0.3, 0.4) is 0 Å². The fraction of sp³-hybridized carbons (Fsp3) is 0.712. The molecule has 2 aliphatic rings. The summed E-state index contributed by atoms with van der Waals surface area (Å²) in [4.78, 5) is 13.5. The second-order valence-electron chi connectivity index (χ2n) is 19.4. The van der Waals surface area contributed by atoms with E-state index in [9.17, 15) is 9.90 Å². The van der Waals surface area contributed by atoms with Crippen LogP contribution in [0.4, 0.5) is 0 Å². The van der Waals surface area contributed by atoms with E-state index in [4.69, 9.17) is 32.8 Å². The maximum atomic E-state index is 13.5. The lowest BCUT2D eigenvalue weighted by molar-refractivity contribution is -0.280. The van der Waals surface area contributed by atoms with Crippen molar-refractivity contribution in [1.29, 1.82) is 0 Å². The zero-order valence-electron chi connectivity index (χ0n) is 41.2. The molecule has 0 amide bonds. The predicted octanol–water partition coefficient (Wildman–Crippen LogP) is 12.1. The maximum absolute atomic E-state index is 13.5. The molecule has 1 fully saturated rings. The molecule has 9 nitrogen and oxygen atoms in total. The van der Waals surface area contributed by atoms with Crippen LogP contribution in [-0.2, 0) is 32.9 Å². The topological polar surface area (TPSA) is 102 Å². The molecule has 62 heavy (non-hydrogen) atoms. The minimum Gasteiger partial charge on any atom is -0.497 e. The molecule has 10 heteroatoms. The van der Waals surface area contributed by atoms with E-state index in [1.807, 2.05) is 56.3 Å². The van der Waals surface area contributed by atoms with Crippen molar-refractivity contribution in [2.24, 2.45) is 29.6 Å². The molecule has 0 aromatic heterocycles. The van der Waals surface area contributed by atoms with Crippen LogP contribution in [0.1, 0.15) is 133 Å². The summed E-state index contributed by atoms with van der Waals surface area (Å²) in [5.41, 5.74) is 3.51. The second kappa shape index (κ2) is 26.4. The van der Waals surface area contributed by atoms with Crippen LogP contribution in [0.25, 0.3) is 0 Å². The number of carbonyl (C=O) groups excluding carboxylic acids is 1. The van der Waals surface area contributed by atoms with E-state index < -0.39 is 32.8 Å². The summed E-state index contributed by atoms with van der Waals surface area (Å²) < 4.78 is 43.9. The molecule has 0 spiro atoms. The van der Waals surface area contributed by atoms with Crippen molar-refractivity contribution in [2.75, 3.05) is 27.9 Å². The summed E-state index contributed by atoms with van der Waals surface area (Å²) in [5, 5.41) is 11.8. The summed E-state index contributed by atoms with van der Waals surface area (Å²) >= 11 is 0. The minimum atomic E-state index is -2.13. The number of fused-ring (bicyclic) bond motifs is 2. The molecule has 1 aromatic carbocycles. The van der Waals surface area contributed by atoms with Crippen LogP contribution in [0.15, 0.2) is 72.4 Å². The van der Waals surface area contributed by atoms with Gasteiger partial charge in [0, 0.05) is 56.6 Å². The van der Waals surface area contributed by atoms with Gasteiger partial charge < -0.3 is 38.0 Å². The van der Waals surface area contributed by atoms with Crippen molar-refractivity contribution in [2.45, 2.75) is 181 Å². The first-order valence-electron chi connectivity index (χ1n) is 23.6. The number of aliphatic hydroxyl groups is 1. The summed E-state index contributed by atoms with van der Waals surface area (Å²) in [6, 6.07) is 7.88. The first kappa shape index (κ1) is 53.8. The first-order valence-corrected chi connectivity index (χ1v) is 25.7. The molecule has 2 heterocycles. The average molecular weight is 883 g/mol. The van der Waals surface area contributed by atoms with E-state index in [2.05, 4.69) is 81.4 Å². The van der Waals surface area contributed by atoms with Gasteiger partial charge in [0.2, 0.25) is 0 Å². The minimum absolute atomic E-state index is 0.0165. The molecule has 0 aliphatic carbocycles. The van der Waals surface area contributed by atoms with Gasteiger partial charge in [0.1, 0.15) is 11.9 Å². The quantitative estimate of drug-likeness (QED) is 0.118. The molecule has 0 unspecified atom stereocenters. The first-order chi connectivity index (χ1) is 29.4. The van der Waals surface area contributed by atoms with Gasteiger partial charge in [-0.25, -0.2) is 4.79 Å². The van der Waals surface area contributed by atoms with Crippen molar-refractivity contribution >= 4 is 14.3 Å². The Morgan fingerprint density at radius 1 is 0.823 bits per heavy atom. The van der Waals surface area contributed by atoms with Crippen molar-refractivity contribution < 1.29 is 42.7 Å². The number of carbonyl (C=O) groups is 1. The number of esters is 1. The van der Waals surface area contributed by atoms with E-state index in [1.54, 1.807) is 27.4 Å². The molecule has 0 radical (unpaired) electrons. The molecule has 1 N–H and O–H groups in total. The highest BCUT2D eigenvalue weighted by Crippen LogP contribution is 2.43. The van der Waals surface area contributed by atoms with Gasteiger partial charge in [-0.05, 0) is 85.2 Å². The third kappa shape index (κ3) is 15.3. The van der Waals surface area contributed by atoms with Gasteiger partial charge in [-0.2, -0.15) is 0 Å². The predicted molar refractivity (Wildman–Crippen MR) is 255 cm³/mol. The van der Waals surface area contributed by atoms with Crippen LogP contribution in [0, 0.1) is 29.6 Å². The fourth-order valence-electron chi connectivity index (χ4n) is 9.97. The zero-order valence-corrected chi connectivity index (χ0v) is 42.2. The Bertz CT molecular complexity index is 1550. The van der Waals surface area contributed by atoms with Crippen LogP contribution < -0.4 is 4.74 Å². The van der Waals surface area contributed by atoms with E-state index in [-0.39, 0.29) is 48.1 Å². The fourth-order valence-corrected chi connectivity index (χ4v) is 15.5. The van der Waals surface area contributed by atoms with E-state index in [0.717, 1.165) is 37.0 Å². The number of methoxy groups -OCH3 is 3. The largest absolute Gasteiger partial charge is 0.497 e. The molecular weight excluding hydrogens is 797 g/mol. The van der Waals surface area contributed by atoms with Crippen molar-refractivity contribution in [3.63, 3.8) is 0 Å². The molecule has 2 bridgehead atoms. The number of benzene rings is 1. The smallest absolute Gasteiger partial charge is 0.331 e. The third-order valence-electron chi connectivity index (χ3n) is 13.9. The molecule has 1 saturated heterocycles. The Balaban J connectivity index is 1.92. The Labute approximate surface area is 378 Å². The number of rotatable bonds is 13. The number of hydrogen-bond donors (Lipinski definition) is 1. The highest BCUT2D eigenvalue weighted by Gasteiger charge is 2.46. The molecule has 2 aliphatic heterocycles. The van der Waals surface area contributed by atoms with E-state index in [1.165, 1.54) is 11.6 Å². The zero-order chi connectivity index (χ0) is 46.1. The molecule has 3 rings (SSSR count). The summed E-state index contributed by atoms with van der Waals surface area (Å²) in [7, 11) is 3.08. The number of allylic oxidation sites excluding steroid dienone is 3. The molecule has 12 atom stereocenters. The van der Waals surface area contributed by atoms with Crippen molar-refractivity contribution in [3.05, 3.63) is 77.9 Å². The average Bonchev–Trinajstić information content (AvgIpc) is 3.24. The second-order valence-corrected chi connectivity index (χ2v) is 24.9. The molecule has 0 saturated carbocycles. The maximum Gasteiger partial charge on any atom is 0.331 e. The van der Waals surface area contributed by atoms with Crippen LogP contribution >= 0.6 is 0 Å². The van der Waals surface area contributed by atoms with Gasteiger partial charge in [0.05, 0.1) is 37.6 Å². The monoisotopic (exact) mass is 883 g/mol. The highest BCUT2D eigenvalue weighted by atomic mass is 28.4. The molecular formula is C52H86O9Si. The van der Waals surface area contributed by atoms with Gasteiger partial charge in [-0.3, -0.25) is 0 Å². The Hall–Kier alpha value is -2.57. The summed E-state index contributed by atoms with van der Waals surface area (Å²) in [6.07, 6.45) is 16.2.